The molecular weight excluding hydrogens is 420 g/mol. The predicted octanol–water partition coefficient (Wildman–Crippen LogP) is 1.81. The van der Waals surface area contributed by atoms with Crippen molar-refractivity contribution in [1.29, 1.82) is 0 Å². The summed E-state index contributed by atoms with van der Waals surface area (Å²) in [6, 6.07) is 8.06. The van der Waals surface area contributed by atoms with E-state index in [-0.39, 0.29) is 31.2 Å². The highest BCUT2D eigenvalue weighted by atomic mass is 35.5. The molecule has 1 aromatic carbocycles. The van der Waals surface area contributed by atoms with Crippen molar-refractivity contribution in [2.75, 3.05) is 11.9 Å². The number of aromatic nitrogens is 7. The third kappa shape index (κ3) is 4.36. The standard InChI is InChI=1S/C20H22N8O2.ClH/c29-8-7-27-12-14(10-22-27)13-1-4-16(5-2-13)28-19-18(25-26-28)11-21-20(24-19)23-15-3-6-17(30)9-15;/h1-2,4-5,10-12,15,17,29-30H,3,6-9H2,(H,21,23,24);1H. The largest absolute Gasteiger partial charge is 0.394 e. The number of anilines is 1. The van der Waals surface area contributed by atoms with Gasteiger partial charge in [-0.25, -0.2) is 4.98 Å². The number of hydrogen-bond acceptors (Lipinski definition) is 8. The number of aliphatic hydroxyl groups is 2. The molecule has 3 N–H and O–H groups in total. The molecule has 10 nitrogen and oxygen atoms in total. The predicted molar refractivity (Wildman–Crippen MR) is 117 cm³/mol. The molecule has 1 saturated carbocycles. The van der Waals surface area contributed by atoms with E-state index in [9.17, 15) is 5.11 Å². The van der Waals surface area contributed by atoms with Crippen LogP contribution in [0.25, 0.3) is 28.0 Å². The minimum Gasteiger partial charge on any atom is -0.394 e. The van der Waals surface area contributed by atoms with Crippen LogP contribution in [0.15, 0.2) is 42.9 Å². The molecule has 1 aliphatic rings. The zero-order chi connectivity index (χ0) is 20.5. The highest BCUT2D eigenvalue weighted by Crippen LogP contribution is 2.24. The second-order valence-electron chi connectivity index (χ2n) is 7.47. The molecule has 2 atom stereocenters. The van der Waals surface area contributed by atoms with Gasteiger partial charge in [-0.15, -0.1) is 17.5 Å². The van der Waals surface area contributed by atoms with E-state index in [0.29, 0.717) is 30.1 Å². The fraction of sp³-hybridized carbons (Fsp3) is 0.350. The normalized spacial score (nSPS) is 18.3. The summed E-state index contributed by atoms with van der Waals surface area (Å²) in [6.45, 7) is 0.526. The third-order valence-corrected chi connectivity index (χ3v) is 5.34. The van der Waals surface area contributed by atoms with Crippen molar-refractivity contribution in [1.82, 2.24) is 34.7 Å². The van der Waals surface area contributed by atoms with E-state index < -0.39 is 0 Å². The summed E-state index contributed by atoms with van der Waals surface area (Å²) < 4.78 is 3.40. The van der Waals surface area contributed by atoms with Crippen LogP contribution in [0.4, 0.5) is 5.95 Å². The summed E-state index contributed by atoms with van der Waals surface area (Å²) in [6.07, 6.45) is 7.48. The average Bonchev–Trinajstić information content (AvgIpc) is 3.49. The highest BCUT2D eigenvalue weighted by molar-refractivity contribution is 5.85. The maximum atomic E-state index is 9.72. The first-order chi connectivity index (χ1) is 14.7. The van der Waals surface area contributed by atoms with Gasteiger partial charge in [-0.3, -0.25) is 4.68 Å². The van der Waals surface area contributed by atoms with Crippen LogP contribution in [0.5, 0.6) is 0 Å². The van der Waals surface area contributed by atoms with Crippen molar-refractivity contribution in [3.8, 4) is 16.8 Å². The number of aliphatic hydroxyl groups excluding tert-OH is 2. The van der Waals surface area contributed by atoms with Crippen LogP contribution >= 0.6 is 12.4 Å². The van der Waals surface area contributed by atoms with Crippen molar-refractivity contribution in [3.63, 3.8) is 0 Å². The molecule has 2 unspecified atom stereocenters. The van der Waals surface area contributed by atoms with Gasteiger partial charge in [0.15, 0.2) is 11.2 Å². The van der Waals surface area contributed by atoms with Gasteiger partial charge < -0.3 is 15.5 Å². The topological polar surface area (TPSA) is 127 Å². The van der Waals surface area contributed by atoms with Crippen LogP contribution in [-0.2, 0) is 6.54 Å². The van der Waals surface area contributed by atoms with Gasteiger partial charge >= 0.3 is 0 Å². The minimum atomic E-state index is -0.257. The smallest absolute Gasteiger partial charge is 0.225 e. The van der Waals surface area contributed by atoms with E-state index in [2.05, 4.69) is 30.7 Å². The molecule has 0 radical (unpaired) electrons. The first-order valence-electron chi connectivity index (χ1n) is 9.97. The Labute approximate surface area is 184 Å². The molecule has 5 rings (SSSR count). The average molecular weight is 443 g/mol. The lowest BCUT2D eigenvalue weighted by atomic mass is 10.1. The van der Waals surface area contributed by atoms with Gasteiger partial charge in [-0.1, -0.05) is 17.3 Å². The number of benzene rings is 1. The van der Waals surface area contributed by atoms with Crippen LogP contribution in [0.2, 0.25) is 0 Å². The molecule has 0 bridgehead atoms. The lowest BCUT2D eigenvalue weighted by Crippen LogP contribution is -2.18. The second kappa shape index (κ2) is 8.96. The number of fused-ring (bicyclic) bond motifs is 1. The summed E-state index contributed by atoms with van der Waals surface area (Å²) in [7, 11) is 0. The van der Waals surface area contributed by atoms with Gasteiger partial charge in [0, 0.05) is 17.8 Å². The van der Waals surface area contributed by atoms with Gasteiger partial charge in [0.1, 0.15) is 0 Å². The van der Waals surface area contributed by atoms with Gasteiger partial charge in [0.05, 0.1) is 37.3 Å². The van der Waals surface area contributed by atoms with Crippen molar-refractivity contribution >= 4 is 29.5 Å². The molecule has 162 valence electrons. The molecule has 0 amide bonds. The van der Waals surface area contributed by atoms with E-state index in [1.54, 1.807) is 21.8 Å². The zero-order valence-corrected chi connectivity index (χ0v) is 17.5. The number of hydrogen-bond donors (Lipinski definition) is 3. The van der Waals surface area contributed by atoms with E-state index in [0.717, 1.165) is 29.7 Å². The fourth-order valence-electron chi connectivity index (χ4n) is 3.78. The van der Waals surface area contributed by atoms with E-state index in [1.807, 2.05) is 30.5 Å². The van der Waals surface area contributed by atoms with E-state index in [4.69, 9.17) is 5.11 Å². The lowest BCUT2D eigenvalue weighted by Gasteiger charge is -2.11. The van der Waals surface area contributed by atoms with E-state index >= 15 is 0 Å². The first-order valence-corrected chi connectivity index (χ1v) is 9.97. The molecule has 0 spiro atoms. The monoisotopic (exact) mass is 442 g/mol. The Hall–Kier alpha value is -3.08. The Bertz CT molecular complexity index is 1160. The Balaban J connectivity index is 0.00000231. The van der Waals surface area contributed by atoms with Gasteiger partial charge in [-0.05, 0) is 37.0 Å². The Kier molecular flexibility index (Phi) is 6.12. The van der Waals surface area contributed by atoms with Crippen LogP contribution in [0, 0.1) is 0 Å². The molecule has 4 aromatic rings. The number of nitrogens with zero attached hydrogens (tertiary/aromatic N) is 7. The Morgan fingerprint density at radius 1 is 1.10 bits per heavy atom. The molecule has 31 heavy (non-hydrogen) atoms. The van der Waals surface area contributed by atoms with Gasteiger partial charge in [0.25, 0.3) is 0 Å². The van der Waals surface area contributed by atoms with Crippen LogP contribution in [-0.4, -0.2) is 63.7 Å². The molecular formula is C20H23ClN8O2. The Morgan fingerprint density at radius 2 is 1.94 bits per heavy atom. The first kappa shape index (κ1) is 21.2. The molecule has 3 heterocycles. The number of halogens is 1. The molecule has 1 aliphatic carbocycles. The summed E-state index contributed by atoms with van der Waals surface area (Å²) in [5, 5.41) is 34.7. The van der Waals surface area contributed by atoms with Crippen molar-refractivity contribution in [3.05, 3.63) is 42.9 Å². The minimum absolute atomic E-state index is 0. The summed E-state index contributed by atoms with van der Waals surface area (Å²) in [4.78, 5) is 8.93. The lowest BCUT2D eigenvalue weighted by molar-refractivity contribution is 0.182. The summed E-state index contributed by atoms with van der Waals surface area (Å²) in [5.74, 6) is 0.512. The highest BCUT2D eigenvalue weighted by Gasteiger charge is 2.23. The molecule has 11 heteroatoms. The molecule has 1 fully saturated rings. The van der Waals surface area contributed by atoms with Crippen molar-refractivity contribution in [2.45, 2.75) is 38.0 Å². The van der Waals surface area contributed by atoms with E-state index in [1.165, 1.54) is 0 Å². The van der Waals surface area contributed by atoms with Crippen LogP contribution < -0.4 is 5.32 Å². The van der Waals surface area contributed by atoms with Crippen molar-refractivity contribution < 1.29 is 10.2 Å². The summed E-state index contributed by atoms with van der Waals surface area (Å²) >= 11 is 0. The maximum absolute atomic E-state index is 9.72. The number of rotatable bonds is 6. The van der Waals surface area contributed by atoms with Crippen LogP contribution in [0.1, 0.15) is 19.3 Å². The summed E-state index contributed by atoms with van der Waals surface area (Å²) in [5.41, 5.74) is 4.07. The van der Waals surface area contributed by atoms with Gasteiger partial charge in [0.2, 0.25) is 5.95 Å². The molecule has 3 aromatic heterocycles. The fourth-order valence-corrected chi connectivity index (χ4v) is 3.78. The SMILES string of the molecule is Cl.OCCn1cc(-c2ccc(-n3nnc4cnc(NC5CCC(O)C5)nc43)cc2)cn1. The second-order valence-corrected chi connectivity index (χ2v) is 7.47. The Morgan fingerprint density at radius 3 is 2.68 bits per heavy atom. The van der Waals surface area contributed by atoms with Crippen LogP contribution in [0.3, 0.4) is 0 Å². The maximum Gasteiger partial charge on any atom is 0.225 e. The zero-order valence-electron chi connectivity index (χ0n) is 16.7. The van der Waals surface area contributed by atoms with Crippen molar-refractivity contribution in [2.24, 2.45) is 0 Å². The molecule has 0 saturated heterocycles. The van der Waals surface area contributed by atoms with Gasteiger partial charge in [-0.2, -0.15) is 14.8 Å². The number of nitrogens with one attached hydrogen (secondary N) is 1. The quantitative estimate of drug-likeness (QED) is 0.412. The third-order valence-electron chi connectivity index (χ3n) is 5.34. The molecule has 0 aliphatic heterocycles.